The second kappa shape index (κ2) is 16.5. The molecular weight excluding hydrogens is 702 g/mol. The van der Waals surface area contributed by atoms with E-state index < -0.39 is 35.5 Å². The second-order valence-electron chi connectivity index (χ2n) is 11.4. The largest absolute Gasteiger partial charge is 0.491 e. The van der Waals surface area contributed by atoms with Gasteiger partial charge in [0.1, 0.15) is 23.0 Å². The highest BCUT2D eigenvalue weighted by atomic mass is 19.1. The number of hydrogen-bond acceptors (Lipinski definition) is 10. The molecule has 0 bridgehead atoms. The monoisotopic (exact) mass is 732 g/mol. The maximum Gasteiger partial charge on any atom is 0.343 e. The number of esters is 4. The SMILES string of the molecule is CCOc1ccc(C(=O)Oc2ccc(C(=O)Oc3ccc4ccc(OC(=O)c5ccc(OC(=O)c6ccc(OCC)c(F)c6)cc5)cc4c3)cc2)cc1F. The number of hydrogen-bond donors (Lipinski definition) is 0. The molecule has 6 aromatic rings. The fourth-order valence-corrected chi connectivity index (χ4v) is 5.11. The molecule has 0 aliphatic heterocycles. The van der Waals surface area contributed by atoms with Crippen LogP contribution < -0.4 is 28.4 Å². The van der Waals surface area contributed by atoms with Gasteiger partial charge in [-0.15, -0.1) is 0 Å². The minimum atomic E-state index is -0.787. The number of ether oxygens (including phenoxy) is 6. The fourth-order valence-electron chi connectivity index (χ4n) is 5.11. The summed E-state index contributed by atoms with van der Waals surface area (Å²) in [5.74, 6) is -3.54. The molecule has 0 fully saturated rings. The third kappa shape index (κ3) is 8.86. The number of fused-ring (bicyclic) bond motifs is 1. The summed E-state index contributed by atoms with van der Waals surface area (Å²) in [5.41, 5.74) is 0.333. The van der Waals surface area contributed by atoms with Crippen LogP contribution >= 0.6 is 0 Å². The third-order valence-electron chi connectivity index (χ3n) is 7.74. The van der Waals surface area contributed by atoms with Gasteiger partial charge in [-0.2, -0.15) is 0 Å². The smallest absolute Gasteiger partial charge is 0.343 e. The number of rotatable bonds is 12. The van der Waals surface area contributed by atoms with Crippen molar-refractivity contribution in [3.8, 4) is 34.5 Å². The maximum atomic E-state index is 14.2. The predicted molar refractivity (Wildman–Crippen MR) is 192 cm³/mol. The van der Waals surface area contributed by atoms with Crippen LogP contribution in [0.25, 0.3) is 10.8 Å². The number of benzene rings is 6. The molecule has 54 heavy (non-hydrogen) atoms. The highest BCUT2D eigenvalue weighted by Crippen LogP contribution is 2.27. The average Bonchev–Trinajstić information content (AvgIpc) is 3.17. The molecule has 10 nitrogen and oxygen atoms in total. The highest BCUT2D eigenvalue weighted by molar-refractivity contribution is 5.95. The van der Waals surface area contributed by atoms with Crippen molar-refractivity contribution < 1.29 is 56.4 Å². The van der Waals surface area contributed by atoms with Crippen molar-refractivity contribution in [2.75, 3.05) is 13.2 Å². The molecule has 6 aromatic carbocycles. The molecule has 0 saturated carbocycles. The lowest BCUT2D eigenvalue weighted by Gasteiger charge is -2.10. The second-order valence-corrected chi connectivity index (χ2v) is 11.4. The Labute approximate surface area is 307 Å². The minimum absolute atomic E-state index is 0.00982. The van der Waals surface area contributed by atoms with Crippen LogP contribution in [0.1, 0.15) is 55.3 Å². The Morgan fingerprint density at radius 1 is 0.407 bits per heavy atom. The molecule has 6 rings (SSSR count). The van der Waals surface area contributed by atoms with Gasteiger partial charge < -0.3 is 28.4 Å². The van der Waals surface area contributed by atoms with E-state index in [0.717, 1.165) is 17.5 Å². The van der Waals surface area contributed by atoms with E-state index in [4.69, 9.17) is 28.4 Å². The van der Waals surface area contributed by atoms with E-state index in [0.29, 0.717) is 5.39 Å². The zero-order valence-corrected chi connectivity index (χ0v) is 28.8. The standard InChI is InChI=1S/C42H30F2O10/c1-3-49-37-19-11-28(23-35(37)43)41(47)51-31-13-7-26(8-14-31)39(45)53-33-17-5-25-6-18-34(22-30(25)21-33)54-40(46)27-9-15-32(16-10-27)52-42(48)29-12-20-38(50-4-2)36(44)24-29/h5-24H,3-4H2,1-2H3. The zero-order valence-electron chi connectivity index (χ0n) is 28.8. The van der Waals surface area contributed by atoms with E-state index in [1.807, 2.05) is 0 Å². The van der Waals surface area contributed by atoms with Crippen LogP contribution in [0.5, 0.6) is 34.5 Å². The molecule has 12 heteroatoms. The molecule has 0 saturated heterocycles. The van der Waals surface area contributed by atoms with Crippen LogP contribution in [-0.2, 0) is 0 Å². The summed E-state index contributed by atoms with van der Waals surface area (Å²) in [6, 6.07) is 28.7. The highest BCUT2D eigenvalue weighted by Gasteiger charge is 2.17. The van der Waals surface area contributed by atoms with Gasteiger partial charge in [-0.25, -0.2) is 28.0 Å². The Hall–Kier alpha value is -7.08. The van der Waals surface area contributed by atoms with Gasteiger partial charge in [-0.1, -0.05) is 12.1 Å². The van der Waals surface area contributed by atoms with Crippen LogP contribution in [0.4, 0.5) is 8.78 Å². The Bertz CT molecular complexity index is 2190. The van der Waals surface area contributed by atoms with E-state index in [-0.39, 0.29) is 70.0 Å². The summed E-state index contributed by atoms with van der Waals surface area (Å²) in [6.07, 6.45) is 0. The molecule has 0 spiro atoms. The van der Waals surface area contributed by atoms with Crippen molar-refractivity contribution in [3.05, 3.63) is 155 Å². The first-order valence-electron chi connectivity index (χ1n) is 16.6. The summed E-state index contributed by atoms with van der Waals surface area (Å²) >= 11 is 0. The van der Waals surface area contributed by atoms with Crippen LogP contribution in [0.2, 0.25) is 0 Å². The van der Waals surface area contributed by atoms with Gasteiger partial charge in [0.15, 0.2) is 23.1 Å². The quantitative estimate of drug-likeness (QED) is 0.0891. The third-order valence-corrected chi connectivity index (χ3v) is 7.74. The van der Waals surface area contributed by atoms with E-state index in [9.17, 15) is 28.0 Å². The van der Waals surface area contributed by atoms with Crippen molar-refractivity contribution in [2.24, 2.45) is 0 Å². The first-order valence-corrected chi connectivity index (χ1v) is 16.6. The van der Waals surface area contributed by atoms with E-state index in [2.05, 4.69) is 0 Å². The lowest BCUT2D eigenvalue weighted by atomic mass is 10.1. The molecular formula is C42H30F2O10. The van der Waals surface area contributed by atoms with Gasteiger partial charge in [-0.05, 0) is 134 Å². The molecule has 0 atom stereocenters. The summed E-state index contributed by atoms with van der Waals surface area (Å²) < 4.78 is 60.3. The van der Waals surface area contributed by atoms with Gasteiger partial charge in [-0.3, -0.25) is 0 Å². The number of carbonyl (C=O) groups excluding carboxylic acids is 4. The number of halogens is 2. The molecule has 0 radical (unpaired) electrons. The van der Waals surface area contributed by atoms with Gasteiger partial charge in [0.05, 0.1) is 35.5 Å². The van der Waals surface area contributed by atoms with E-state index >= 15 is 0 Å². The Morgan fingerprint density at radius 3 is 1.11 bits per heavy atom. The predicted octanol–water partition coefficient (Wildman–Crippen LogP) is 8.79. The van der Waals surface area contributed by atoms with Crippen LogP contribution in [0.15, 0.2) is 121 Å². The average molecular weight is 733 g/mol. The van der Waals surface area contributed by atoms with Gasteiger partial charge in [0.25, 0.3) is 0 Å². The first-order chi connectivity index (χ1) is 26.1. The van der Waals surface area contributed by atoms with Crippen molar-refractivity contribution in [3.63, 3.8) is 0 Å². The minimum Gasteiger partial charge on any atom is -0.491 e. The Morgan fingerprint density at radius 2 is 0.741 bits per heavy atom. The molecule has 0 amide bonds. The van der Waals surface area contributed by atoms with Gasteiger partial charge in [0.2, 0.25) is 0 Å². The lowest BCUT2D eigenvalue weighted by Crippen LogP contribution is -2.11. The summed E-state index contributed by atoms with van der Waals surface area (Å²) in [7, 11) is 0. The van der Waals surface area contributed by atoms with Crippen LogP contribution in [0.3, 0.4) is 0 Å². The first kappa shape index (κ1) is 36.7. The van der Waals surface area contributed by atoms with Gasteiger partial charge in [0, 0.05) is 0 Å². The summed E-state index contributed by atoms with van der Waals surface area (Å²) in [5, 5.41) is 1.40. The van der Waals surface area contributed by atoms with Crippen molar-refractivity contribution in [1.82, 2.24) is 0 Å². The normalized spacial score (nSPS) is 10.7. The van der Waals surface area contributed by atoms with Crippen molar-refractivity contribution in [1.29, 1.82) is 0 Å². The molecule has 0 aliphatic carbocycles. The van der Waals surface area contributed by atoms with Crippen molar-refractivity contribution >= 4 is 34.6 Å². The van der Waals surface area contributed by atoms with E-state index in [1.165, 1.54) is 72.8 Å². The molecule has 0 heterocycles. The van der Waals surface area contributed by atoms with Crippen LogP contribution in [0, 0.1) is 11.6 Å². The maximum absolute atomic E-state index is 14.2. The van der Waals surface area contributed by atoms with Gasteiger partial charge >= 0.3 is 23.9 Å². The molecule has 0 aliphatic rings. The molecule has 272 valence electrons. The van der Waals surface area contributed by atoms with Crippen LogP contribution in [-0.4, -0.2) is 37.1 Å². The fraction of sp³-hybridized carbons (Fsp3) is 0.0952. The zero-order chi connectivity index (χ0) is 38.2. The summed E-state index contributed by atoms with van der Waals surface area (Å²) in [6.45, 7) is 3.98. The van der Waals surface area contributed by atoms with E-state index in [1.54, 1.807) is 50.2 Å². The molecule has 0 N–H and O–H groups in total. The Balaban J connectivity index is 1.04. The molecule has 0 aromatic heterocycles. The Kier molecular flexibility index (Phi) is 11.2. The lowest BCUT2D eigenvalue weighted by molar-refractivity contribution is 0.0720. The summed E-state index contributed by atoms with van der Waals surface area (Å²) in [4.78, 5) is 50.8. The number of carbonyl (C=O) groups is 4. The van der Waals surface area contributed by atoms with Crippen molar-refractivity contribution in [2.45, 2.75) is 13.8 Å². The molecule has 0 unspecified atom stereocenters. The topological polar surface area (TPSA) is 124 Å².